The van der Waals surface area contributed by atoms with E-state index in [9.17, 15) is 4.79 Å². The van der Waals surface area contributed by atoms with Crippen molar-refractivity contribution in [2.45, 2.75) is 25.8 Å². The van der Waals surface area contributed by atoms with Crippen LogP contribution in [0.4, 0.5) is 4.79 Å². The summed E-state index contributed by atoms with van der Waals surface area (Å²) in [4.78, 5) is 12.9. The lowest BCUT2D eigenvalue weighted by molar-refractivity contribution is 0.0800. The number of aliphatic hydroxyl groups is 1. The van der Waals surface area contributed by atoms with Gasteiger partial charge < -0.3 is 15.3 Å². The van der Waals surface area contributed by atoms with Crippen LogP contribution in [-0.2, 0) is 0 Å². The number of rotatable bonds is 3. The average Bonchev–Trinajstić information content (AvgIpc) is 2.51. The standard InChI is InChI=1S/C8H16N2O2/c1-3-8(2,6-11)10-5-4-9-7(10)12/h11H,3-6H2,1-2H3,(H,9,12). The number of amides is 2. The molecular formula is C8H16N2O2. The van der Waals surface area contributed by atoms with Crippen LogP contribution in [0.3, 0.4) is 0 Å². The molecule has 0 spiro atoms. The lowest BCUT2D eigenvalue weighted by atomic mass is 9.98. The Morgan fingerprint density at radius 3 is 2.75 bits per heavy atom. The fourth-order valence-electron chi connectivity index (χ4n) is 1.37. The Morgan fingerprint density at radius 1 is 1.75 bits per heavy atom. The Morgan fingerprint density at radius 2 is 2.42 bits per heavy atom. The van der Waals surface area contributed by atoms with E-state index in [0.717, 1.165) is 6.42 Å². The molecule has 0 aromatic heterocycles. The van der Waals surface area contributed by atoms with Gasteiger partial charge in [-0.1, -0.05) is 6.92 Å². The molecule has 1 atom stereocenters. The quantitative estimate of drug-likeness (QED) is 0.637. The van der Waals surface area contributed by atoms with Crippen molar-refractivity contribution in [2.75, 3.05) is 19.7 Å². The number of carbonyl (C=O) groups excluding carboxylic acids is 1. The Bertz CT molecular complexity index is 178. The molecule has 1 unspecified atom stereocenters. The molecule has 1 aliphatic rings. The molecule has 1 aliphatic heterocycles. The van der Waals surface area contributed by atoms with Crippen molar-refractivity contribution in [3.63, 3.8) is 0 Å². The van der Waals surface area contributed by atoms with Crippen LogP contribution in [0.15, 0.2) is 0 Å². The van der Waals surface area contributed by atoms with Gasteiger partial charge in [0.15, 0.2) is 0 Å². The zero-order valence-electron chi connectivity index (χ0n) is 7.63. The van der Waals surface area contributed by atoms with Gasteiger partial charge in [-0.2, -0.15) is 0 Å². The minimum atomic E-state index is -0.388. The van der Waals surface area contributed by atoms with Crippen LogP contribution in [0.5, 0.6) is 0 Å². The molecule has 0 aliphatic carbocycles. The number of hydrogen-bond acceptors (Lipinski definition) is 2. The smallest absolute Gasteiger partial charge is 0.318 e. The third-order valence-electron chi connectivity index (χ3n) is 2.61. The second kappa shape index (κ2) is 3.31. The maximum Gasteiger partial charge on any atom is 0.318 e. The monoisotopic (exact) mass is 172 g/mol. The number of carbonyl (C=O) groups is 1. The van der Waals surface area contributed by atoms with Crippen molar-refractivity contribution in [3.8, 4) is 0 Å². The van der Waals surface area contributed by atoms with Crippen LogP contribution in [-0.4, -0.2) is 41.3 Å². The highest BCUT2D eigenvalue weighted by Crippen LogP contribution is 2.20. The maximum atomic E-state index is 11.2. The molecule has 2 amide bonds. The topological polar surface area (TPSA) is 52.6 Å². The van der Waals surface area contributed by atoms with Gasteiger partial charge in [0.05, 0.1) is 12.1 Å². The lowest BCUT2D eigenvalue weighted by Gasteiger charge is -2.35. The van der Waals surface area contributed by atoms with Crippen molar-refractivity contribution >= 4 is 6.03 Å². The second-order valence-corrected chi connectivity index (χ2v) is 3.39. The van der Waals surface area contributed by atoms with Gasteiger partial charge >= 0.3 is 6.03 Å². The van der Waals surface area contributed by atoms with Crippen LogP contribution in [0.25, 0.3) is 0 Å². The average molecular weight is 172 g/mol. The van der Waals surface area contributed by atoms with Gasteiger partial charge in [-0.15, -0.1) is 0 Å². The van der Waals surface area contributed by atoms with Gasteiger partial charge in [0.25, 0.3) is 0 Å². The van der Waals surface area contributed by atoms with Crippen molar-refractivity contribution < 1.29 is 9.90 Å². The number of nitrogens with one attached hydrogen (secondary N) is 1. The van der Waals surface area contributed by atoms with E-state index in [2.05, 4.69) is 5.32 Å². The molecule has 1 saturated heterocycles. The summed E-state index contributed by atoms with van der Waals surface area (Å²) in [5, 5.41) is 11.9. The van der Waals surface area contributed by atoms with Crippen LogP contribution >= 0.6 is 0 Å². The molecule has 12 heavy (non-hydrogen) atoms. The second-order valence-electron chi connectivity index (χ2n) is 3.39. The van der Waals surface area contributed by atoms with E-state index in [0.29, 0.717) is 13.1 Å². The van der Waals surface area contributed by atoms with Gasteiger partial charge in [-0.3, -0.25) is 0 Å². The highest BCUT2D eigenvalue weighted by atomic mass is 16.3. The summed E-state index contributed by atoms with van der Waals surface area (Å²) in [7, 11) is 0. The van der Waals surface area contributed by atoms with E-state index in [1.54, 1.807) is 4.90 Å². The summed E-state index contributed by atoms with van der Waals surface area (Å²) in [6, 6.07) is -0.0617. The molecule has 0 aromatic carbocycles. The fourth-order valence-corrected chi connectivity index (χ4v) is 1.37. The minimum Gasteiger partial charge on any atom is -0.394 e. The third kappa shape index (κ3) is 1.39. The number of nitrogens with zero attached hydrogens (tertiary/aromatic N) is 1. The summed E-state index contributed by atoms with van der Waals surface area (Å²) in [6.45, 7) is 5.29. The molecule has 0 bridgehead atoms. The van der Waals surface area contributed by atoms with Gasteiger partial charge in [-0.25, -0.2) is 4.79 Å². The SMILES string of the molecule is CCC(C)(CO)N1CCNC1=O. The summed E-state index contributed by atoms with van der Waals surface area (Å²) in [6.07, 6.45) is 0.775. The molecule has 4 nitrogen and oxygen atoms in total. The van der Waals surface area contributed by atoms with Crippen LogP contribution in [0, 0.1) is 0 Å². The van der Waals surface area contributed by atoms with E-state index in [1.165, 1.54) is 0 Å². The highest BCUT2D eigenvalue weighted by molar-refractivity contribution is 5.77. The van der Waals surface area contributed by atoms with E-state index in [1.807, 2.05) is 13.8 Å². The molecule has 1 rings (SSSR count). The predicted molar refractivity (Wildman–Crippen MR) is 45.9 cm³/mol. The first kappa shape index (κ1) is 9.32. The predicted octanol–water partition coefficient (Wildman–Crippen LogP) is 0.173. The molecule has 70 valence electrons. The van der Waals surface area contributed by atoms with E-state index in [4.69, 9.17) is 5.11 Å². The zero-order valence-corrected chi connectivity index (χ0v) is 7.63. The summed E-state index contributed by atoms with van der Waals surface area (Å²) < 4.78 is 0. The first-order valence-electron chi connectivity index (χ1n) is 4.30. The molecule has 2 N–H and O–H groups in total. The van der Waals surface area contributed by atoms with Crippen molar-refractivity contribution in [2.24, 2.45) is 0 Å². The van der Waals surface area contributed by atoms with Crippen LogP contribution in [0.1, 0.15) is 20.3 Å². The zero-order chi connectivity index (χ0) is 9.19. The molecule has 1 fully saturated rings. The van der Waals surface area contributed by atoms with Gasteiger partial charge in [-0.05, 0) is 13.3 Å². The molecule has 0 radical (unpaired) electrons. The largest absolute Gasteiger partial charge is 0.394 e. The van der Waals surface area contributed by atoms with Crippen molar-refractivity contribution in [3.05, 3.63) is 0 Å². The van der Waals surface area contributed by atoms with Gasteiger partial charge in [0.2, 0.25) is 0 Å². The highest BCUT2D eigenvalue weighted by Gasteiger charge is 2.35. The maximum absolute atomic E-state index is 11.2. The first-order chi connectivity index (χ1) is 5.64. The van der Waals surface area contributed by atoms with E-state index >= 15 is 0 Å². The molecule has 0 aromatic rings. The summed E-state index contributed by atoms with van der Waals surface area (Å²) in [5.74, 6) is 0. The van der Waals surface area contributed by atoms with Gasteiger partial charge in [0, 0.05) is 13.1 Å². The third-order valence-corrected chi connectivity index (χ3v) is 2.61. The van der Waals surface area contributed by atoms with Crippen LogP contribution < -0.4 is 5.32 Å². The minimum absolute atomic E-state index is 0.0247. The van der Waals surface area contributed by atoms with E-state index in [-0.39, 0.29) is 18.2 Å². The number of hydrogen-bond donors (Lipinski definition) is 2. The fraction of sp³-hybridized carbons (Fsp3) is 0.875. The van der Waals surface area contributed by atoms with Crippen LogP contribution in [0.2, 0.25) is 0 Å². The lowest BCUT2D eigenvalue weighted by Crippen LogP contribution is -2.50. The Kier molecular flexibility index (Phi) is 2.57. The first-order valence-corrected chi connectivity index (χ1v) is 4.30. The molecular weight excluding hydrogens is 156 g/mol. The van der Waals surface area contributed by atoms with Gasteiger partial charge in [0.1, 0.15) is 0 Å². The summed E-state index contributed by atoms with van der Waals surface area (Å²) >= 11 is 0. The number of aliphatic hydroxyl groups excluding tert-OH is 1. The normalized spacial score (nSPS) is 22.2. The molecule has 4 heteroatoms. The Labute approximate surface area is 72.6 Å². The van der Waals surface area contributed by atoms with Crippen molar-refractivity contribution in [1.82, 2.24) is 10.2 Å². The Hall–Kier alpha value is -0.770. The number of urea groups is 1. The Balaban J connectivity index is 2.71. The molecule has 1 heterocycles. The molecule has 0 saturated carbocycles. The summed E-state index contributed by atoms with van der Waals surface area (Å²) in [5.41, 5.74) is -0.388. The van der Waals surface area contributed by atoms with E-state index < -0.39 is 0 Å². The van der Waals surface area contributed by atoms with Crippen molar-refractivity contribution in [1.29, 1.82) is 0 Å².